The summed E-state index contributed by atoms with van der Waals surface area (Å²) in [6.07, 6.45) is 4.58. The van der Waals surface area contributed by atoms with Gasteiger partial charge < -0.3 is 10.5 Å². The van der Waals surface area contributed by atoms with E-state index in [-0.39, 0.29) is 11.2 Å². The van der Waals surface area contributed by atoms with Gasteiger partial charge >= 0.3 is 0 Å². The highest BCUT2D eigenvalue weighted by atomic mass is 32.2. The van der Waals surface area contributed by atoms with Crippen LogP contribution >= 0.6 is 0 Å². The molecule has 21 heavy (non-hydrogen) atoms. The highest BCUT2D eigenvalue weighted by molar-refractivity contribution is 7.92. The molecular weight excluding hydrogens is 286 g/mol. The molecule has 0 aliphatic heterocycles. The lowest BCUT2D eigenvalue weighted by Gasteiger charge is -2.43. The Balaban J connectivity index is 2.08. The van der Waals surface area contributed by atoms with Crippen molar-refractivity contribution in [1.82, 2.24) is 0 Å². The molecule has 0 heterocycles. The zero-order valence-electron chi connectivity index (χ0n) is 13.7. The summed E-state index contributed by atoms with van der Waals surface area (Å²) in [6, 6.07) is 0. The molecule has 0 aromatic rings. The zero-order chi connectivity index (χ0) is 16.1. The molecule has 1 unspecified atom stereocenters. The van der Waals surface area contributed by atoms with Crippen LogP contribution in [0.2, 0.25) is 0 Å². The van der Waals surface area contributed by atoms with E-state index in [2.05, 4.69) is 6.92 Å². The van der Waals surface area contributed by atoms with E-state index >= 15 is 0 Å². The maximum Gasteiger partial charge on any atom is 0.158 e. The van der Waals surface area contributed by atoms with Crippen molar-refractivity contribution in [2.45, 2.75) is 76.6 Å². The van der Waals surface area contributed by atoms with Gasteiger partial charge in [-0.1, -0.05) is 6.92 Å². The highest BCUT2D eigenvalue weighted by Crippen LogP contribution is 2.51. The normalized spacial score (nSPS) is 38.1. The van der Waals surface area contributed by atoms with Crippen LogP contribution in [0, 0.1) is 16.7 Å². The second-order valence-corrected chi connectivity index (χ2v) is 11.0. The number of rotatable bonds is 2. The molecule has 1 spiro atoms. The molecule has 5 heteroatoms. The first-order chi connectivity index (χ1) is 9.41. The van der Waals surface area contributed by atoms with Crippen LogP contribution in [0.1, 0.15) is 66.2 Å². The molecule has 0 radical (unpaired) electrons. The van der Waals surface area contributed by atoms with Crippen molar-refractivity contribution in [2.75, 3.05) is 5.75 Å². The number of sulfone groups is 1. The predicted molar refractivity (Wildman–Crippen MR) is 85.5 cm³/mol. The fourth-order valence-electron chi connectivity index (χ4n) is 3.72. The summed E-state index contributed by atoms with van der Waals surface area (Å²) in [6.45, 7) is 7.15. The first-order valence-electron chi connectivity index (χ1n) is 7.95. The molecular formula is C16H29NO3S. The summed E-state index contributed by atoms with van der Waals surface area (Å²) in [7, 11) is -3.32. The van der Waals surface area contributed by atoms with Crippen LogP contribution in [-0.4, -0.2) is 35.3 Å². The Morgan fingerprint density at radius 3 is 2.10 bits per heavy atom. The van der Waals surface area contributed by atoms with Crippen LogP contribution in [0.15, 0.2) is 0 Å². The summed E-state index contributed by atoms with van der Waals surface area (Å²) >= 11 is 0. The topological polar surface area (TPSA) is 78.2 Å². The molecule has 0 aromatic heterocycles. The number of hydrogen-bond acceptors (Lipinski definition) is 4. The van der Waals surface area contributed by atoms with Gasteiger partial charge in [-0.15, -0.1) is 0 Å². The Morgan fingerprint density at radius 1 is 1.19 bits per heavy atom. The molecule has 0 aromatic carbocycles. The van der Waals surface area contributed by atoms with Crippen molar-refractivity contribution >= 4 is 15.5 Å². The molecule has 0 bridgehead atoms. The molecule has 0 amide bonds. The van der Waals surface area contributed by atoms with Crippen molar-refractivity contribution in [3.8, 4) is 0 Å². The Morgan fingerprint density at radius 2 is 1.71 bits per heavy atom. The van der Waals surface area contributed by atoms with Crippen LogP contribution in [0.4, 0.5) is 0 Å². The van der Waals surface area contributed by atoms with Gasteiger partial charge in [-0.05, 0) is 65.2 Å². The molecule has 2 rings (SSSR count). The molecule has 2 N–H and O–H groups in total. The van der Waals surface area contributed by atoms with Gasteiger partial charge in [0.15, 0.2) is 9.84 Å². The van der Waals surface area contributed by atoms with E-state index in [1.165, 1.54) is 0 Å². The SMILES string of the molecule is CC1CCC2(CCC(O)(CS(=O)(=O)C(C)(C)C)CC2)C1=N. The van der Waals surface area contributed by atoms with Gasteiger partial charge in [0.05, 0.1) is 16.1 Å². The predicted octanol–water partition coefficient (Wildman–Crippen LogP) is 2.94. The summed E-state index contributed by atoms with van der Waals surface area (Å²) in [5, 5.41) is 19.0. The van der Waals surface area contributed by atoms with E-state index in [9.17, 15) is 13.5 Å². The molecule has 0 saturated heterocycles. The molecule has 1 atom stereocenters. The van der Waals surface area contributed by atoms with E-state index in [0.717, 1.165) is 31.4 Å². The third kappa shape index (κ3) is 3.04. The molecule has 2 fully saturated rings. The Hall–Kier alpha value is -0.420. The third-order valence-electron chi connectivity index (χ3n) is 5.65. The minimum Gasteiger partial charge on any atom is -0.389 e. The zero-order valence-corrected chi connectivity index (χ0v) is 14.5. The lowest BCUT2D eigenvalue weighted by molar-refractivity contribution is 0.000168. The van der Waals surface area contributed by atoms with Gasteiger partial charge in [0, 0.05) is 11.1 Å². The van der Waals surface area contributed by atoms with Gasteiger partial charge in [-0.25, -0.2) is 8.42 Å². The van der Waals surface area contributed by atoms with E-state index < -0.39 is 20.2 Å². The maximum atomic E-state index is 12.4. The van der Waals surface area contributed by atoms with Crippen molar-refractivity contribution < 1.29 is 13.5 Å². The van der Waals surface area contributed by atoms with Crippen LogP contribution in [-0.2, 0) is 9.84 Å². The lowest BCUT2D eigenvalue weighted by atomic mass is 9.67. The second kappa shape index (κ2) is 5.05. The lowest BCUT2D eigenvalue weighted by Crippen LogP contribution is -2.48. The fraction of sp³-hybridized carbons (Fsp3) is 0.938. The monoisotopic (exact) mass is 315 g/mol. The van der Waals surface area contributed by atoms with E-state index in [4.69, 9.17) is 5.41 Å². The van der Waals surface area contributed by atoms with Crippen molar-refractivity contribution in [3.05, 3.63) is 0 Å². The fourth-order valence-corrected chi connectivity index (χ4v) is 5.15. The second-order valence-electron chi connectivity index (χ2n) is 8.23. The molecule has 4 nitrogen and oxygen atoms in total. The van der Waals surface area contributed by atoms with Gasteiger partial charge in [0.1, 0.15) is 0 Å². The summed E-state index contributed by atoms with van der Waals surface area (Å²) in [5.41, 5.74) is -0.344. The van der Waals surface area contributed by atoms with Gasteiger partial charge in [-0.3, -0.25) is 0 Å². The van der Waals surface area contributed by atoms with E-state index in [0.29, 0.717) is 18.8 Å². The Bertz CT molecular complexity index is 522. The minimum atomic E-state index is -3.32. The summed E-state index contributed by atoms with van der Waals surface area (Å²) in [4.78, 5) is 0. The minimum absolute atomic E-state index is 0.0584. The van der Waals surface area contributed by atoms with E-state index in [1.54, 1.807) is 20.8 Å². The highest BCUT2D eigenvalue weighted by Gasteiger charge is 2.50. The first kappa shape index (κ1) is 16.9. The van der Waals surface area contributed by atoms with Crippen molar-refractivity contribution in [1.29, 1.82) is 5.41 Å². The van der Waals surface area contributed by atoms with Crippen molar-refractivity contribution in [2.24, 2.45) is 11.3 Å². The maximum absolute atomic E-state index is 12.4. The summed E-state index contributed by atoms with van der Waals surface area (Å²) in [5.74, 6) is 0.192. The van der Waals surface area contributed by atoms with Crippen LogP contribution < -0.4 is 0 Å². The Kier molecular flexibility index (Phi) is 4.08. The average Bonchev–Trinajstić information content (AvgIpc) is 2.61. The molecule has 2 aliphatic rings. The first-order valence-corrected chi connectivity index (χ1v) is 9.60. The van der Waals surface area contributed by atoms with E-state index in [1.807, 2.05) is 0 Å². The Labute approximate surface area is 128 Å². The van der Waals surface area contributed by atoms with Crippen LogP contribution in [0.25, 0.3) is 0 Å². The number of nitrogens with one attached hydrogen (secondary N) is 1. The quantitative estimate of drug-likeness (QED) is 0.822. The van der Waals surface area contributed by atoms with Crippen LogP contribution in [0.3, 0.4) is 0 Å². The van der Waals surface area contributed by atoms with Crippen molar-refractivity contribution in [3.63, 3.8) is 0 Å². The van der Waals surface area contributed by atoms with Gasteiger partial charge in [0.25, 0.3) is 0 Å². The number of hydrogen-bond donors (Lipinski definition) is 2. The van der Waals surface area contributed by atoms with Gasteiger partial charge in [-0.2, -0.15) is 0 Å². The third-order valence-corrected chi connectivity index (χ3v) is 8.43. The van der Waals surface area contributed by atoms with Crippen LogP contribution in [0.5, 0.6) is 0 Å². The standard InChI is InChI=1S/C16H29NO3S/c1-12-5-6-15(13(12)17)7-9-16(18,10-8-15)11-21(19,20)14(2,3)4/h12,17-18H,5-11H2,1-4H3. The smallest absolute Gasteiger partial charge is 0.158 e. The summed E-state index contributed by atoms with van der Waals surface area (Å²) < 4.78 is 23.9. The van der Waals surface area contributed by atoms with Gasteiger partial charge in [0.2, 0.25) is 0 Å². The number of aliphatic hydroxyl groups is 1. The molecule has 122 valence electrons. The largest absolute Gasteiger partial charge is 0.389 e. The average molecular weight is 315 g/mol. The molecule has 2 aliphatic carbocycles. The molecule has 2 saturated carbocycles.